The van der Waals surface area contributed by atoms with E-state index in [1.165, 1.54) is 0 Å². The zero-order valence-corrected chi connectivity index (χ0v) is 9.47. The molecule has 1 atom stereocenters. The van der Waals surface area contributed by atoms with Crippen LogP contribution in [0.5, 0.6) is 0 Å². The first-order valence-electron chi connectivity index (χ1n) is 4.08. The normalized spacial score (nSPS) is 14.3. The Morgan fingerprint density at radius 2 is 2.25 bits per heavy atom. The van der Waals surface area contributed by atoms with Crippen LogP contribution >= 0.6 is 6.72 Å². The molecular weight excluding hydrogens is 253 g/mol. The summed E-state index contributed by atoms with van der Waals surface area (Å²) >= 11 is 4.56. The van der Waals surface area contributed by atoms with Crippen molar-refractivity contribution in [3.05, 3.63) is 24.3 Å². The van der Waals surface area contributed by atoms with Gasteiger partial charge in [0.25, 0.3) is 6.47 Å². The van der Waals surface area contributed by atoms with Gasteiger partial charge in [-0.05, 0) is 17.3 Å². The van der Waals surface area contributed by atoms with Crippen molar-refractivity contribution in [3.8, 4) is 0 Å². The maximum absolute atomic E-state index is 10.1. The number of rotatable bonds is 4. The third-order valence-corrected chi connectivity index (χ3v) is 2.85. The third kappa shape index (κ3) is 2.19. The van der Waals surface area contributed by atoms with E-state index in [4.69, 9.17) is 4.62 Å². The van der Waals surface area contributed by atoms with Gasteiger partial charge >= 0.3 is 6.72 Å². The van der Waals surface area contributed by atoms with Gasteiger partial charge in [0.1, 0.15) is 11.0 Å². The smallest absolute Gasteiger partial charge is 0.384 e. The van der Waals surface area contributed by atoms with Gasteiger partial charge in [0, 0.05) is 11.8 Å². The predicted molar refractivity (Wildman–Crippen MR) is 57.8 cm³/mol. The Kier molecular flexibility index (Phi) is 2.86. The molecule has 84 valence electrons. The van der Waals surface area contributed by atoms with Crippen molar-refractivity contribution < 1.29 is 18.8 Å². The lowest BCUT2D eigenvalue weighted by Gasteiger charge is -2.11. The molecule has 16 heavy (non-hydrogen) atoms. The summed E-state index contributed by atoms with van der Waals surface area (Å²) in [5.74, 6) is 0. The molecule has 0 aliphatic heterocycles. The lowest BCUT2D eigenvalue weighted by molar-refractivity contribution is -0.121. The van der Waals surface area contributed by atoms with Crippen molar-refractivity contribution in [1.29, 1.82) is 0 Å². The summed E-state index contributed by atoms with van der Waals surface area (Å²) in [6, 6.07) is 6.90. The lowest BCUT2D eigenvalue weighted by atomic mass is 10.3. The molecule has 1 aromatic carbocycles. The van der Waals surface area contributed by atoms with Crippen molar-refractivity contribution >= 4 is 36.0 Å². The molecule has 0 fully saturated rings. The van der Waals surface area contributed by atoms with Crippen LogP contribution in [0.25, 0.3) is 11.0 Å². The first-order valence-corrected chi connectivity index (χ1v) is 6.67. The van der Waals surface area contributed by atoms with Gasteiger partial charge in [-0.15, -0.1) is 5.10 Å². The maximum Gasteiger partial charge on any atom is 0.454 e. The number of nitrogens with zero attached hydrogens (tertiary/aromatic N) is 3. The zero-order valence-electron chi connectivity index (χ0n) is 7.76. The van der Waals surface area contributed by atoms with E-state index in [-0.39, 0.29) is 6.47 Å². The fourth-order valence-electron chi connectivity index (χ4n) is 1.08. The summed E-state index contributed by atoms with van der Waals surface area (Å²) in [7, 11) is 0. The third-order valence-electron chi connectivity index (χ3n) is 1.68. The van der Waals surface area contributed by atoms with Crippen molar-refractivity contribution in [1.82, 2.24) is 15.2 Å². The highest BCUT2D eigenvalue weighted by Crippen LogP contribution is 2.38. The van der Waals surface area contributed by atoms with Gasteiger partial charge in [-0.2, -0.15) is 0 Å². The van der Waals surface area contributed by atoms with Crippen LogP contribution in [0, 0.1) is 0 Å². The van der Waals surface area contributed by atoms with Gasteiger partial charge in [-0.25, -0.2) is 0 Å². The van der Waals surface area contributed by atoms with Crippen molar-refractivity contribution in [2.75, 3.05) is 0 Å². The van der Waals surface area contributed by atoms with Crippen LogP contribution in [0.3, 0.4) is 0 Å². The molecule has 1 N–H and O–H groups in total. The summed E-state index contributed by atoms with van der Waals surface area (Å²) in [5, 5.41) is 7.38. The number of benzene rings is 1. The summed E-state index contributed by atoms with van der Waals surface area (Å²) in [6.45, 7) is -3.63. The van der Waals surface area contributed by atoms with Gasteiger partial charge < -0.3 is 14.0 Å². The highest BCUT2D eigenvalue weighted by atomic mass is 32.5. The van der Waals surface area contributed by atoms with Crippen molar-refractivity contribution in [2.45, 2.75) is 0 Å². The monoisotopic (exact) mass is 259 g/mol. The van der Waals surface area contributed by atoms with Crippen LogP contribution in [0.15, 0.2) is 24.3 Å². The Balaban J connectivity index is 2.34. The van der Waals surface area contributed by atoms with Crippen LogP contribution in [-0.2, 0) is 21.1 Å². The number of carbonyl (C=O) groups is 1. The number of fused-ring (bicyclic) bond motifs is 1. The van der Waals surface area contributed by atoms with Crippen LogP contribution < -0.4 is 4.62 Å². The molecular formula is C7H6N3O4PS. The summed E-state index contributed by atoms with van der Waals surface area (Å²) in [5.41, 5.74) is 1.09. The van der Waals surface area contributed by atoms with Gasteiger partial charge in [0.2, 0.25) is 0 Å². The minimum absolute atomic E-state index is 0.0277. The summed E-state index contributed by atoms with van der Waals surface area (Å²) in [4.78, 5) is 20.4. The van der Waals surface area contributed by atoms with E-state index >= 15 is 0 Å². The first kappa shape index (κ1) is 11.0. The topological polar surface area (TPSA) is 86.5 Å². The van der Waals surface area contributed by atoms with Gasteiger partial charge in [0.15, 0.2) is 0 Å². The summed E-state index contributed by atoms with van der Waals surface area (Å²) in [6.07, 6.45) is 0. The molecule has 0 saturated heterocycles. The summed E-state index contributed by atoms with van der Waals surface area (Å²) < 4.78 is 9.11. The number of para-hydroxylation sites is 1. The quantitative estimate of drug-likeness (QED) is 0.622. The molecule has 1 unspecified atom stereocenters. The molecule has 0 bridgehead atoms. The first-order chi connectivity index (χ1) is 7.62. The molecule has 2 rings (SSSR count). The van der Waals surface area contributed by atoms with Crippen molar-refractivity contribution in [2.24, 2.45) is 0 Å². The molecule has 1 heterocycles. The Morgan fingerprint density at radius 1 is 1.50 bits per heavy atom. The van der Waals surface area contributed by atoms with E-state index < -0.39 is 6.72 Å². The molecule has 0 radical (unpaired) electrons. The van der Waals surface area contributed by atoms with E-state index in [1.54, 1.807) is 24.3 Å². The fraction of sp³-hybridized carbons (Fsp3) is 0. The lowest BCUT2D eigenvalue weighted by Crippen LogP contribution is -2.11. The van der Waals surface area contributed by atoms with E-state index in [9.17, 15) is 9.69 Å². The Labute approximate surface area is 94.8 Å². The largest absolute Gasteiger partial charge is 0.454 e. The van der Waals surface area contributed by atoms with E-state index in [1.807, 2.05) is 0 Å². The predicted octanol–water partition coefficient (Wildman–Crippen LogP) is 0.250. The SMILES string of the molecule is O=COP(O)(=S)On1nnc2ccccc21. The maximum atomic E-state index is 10.1. The van der Waals surface area contributed by atoms with E-state index in [0.29, 0.717) is 11.0 Å². The second-order valence-electron chi connectivity index (χ2n) is 2.70. The highest BCUT2D eigenvalue weighted by Gasteiger charge is 2.19. The molecule has 1 aromatic heterocycles. The van der Waals surface area contributed by atoms with Crippen LogP contribution in [0.4, 0.5) is 0 Å². The molecule has 9 heteroatoms. The number of aromatic nitrogens is 3. The number of carbonyl (C=O) groups excluding carboxylic acids is 1. The Bertz CT molecular complexity index is 572. The zero-order chi connectivity index (χ0) is 11.6. The van der Waals surface area contributed by atoms with Gasteiger partial charge in [-0.3, -0.25) is 4.79 Å². The molecule has 0 amide bonds. The second-order valence-corrected chi connectivity index (χ2v) is 5.40. The molecule has 0 aliphatic rings. The Morgan fingerprint density at radius 3 is 3.00 bits per heavy atom. The average molecular weight is 259 g/mol. The highest BCUT2D eigenvalue weighted by molar-refractivity contribution is 8.07. The number of hydrogen-bond acceptors (Lipinski definition) is 6. The van der Waals surface area contributed by atoms with Gasteiger partial charge in [-0.1, -0.05) is 17.0 Å². The second kappa shape index (κ2) is 4.17. The minimum Gasteiger partial charge on any atom is -0.384 e. The van der Waals surface area contributed by atoms with Crippen molar-refractivity contribution in [3.63, 3.8) is 0 Å². The van der Waals surface area contributed by atoms with E-state index in [0.717, 1.165) is 4.85 Å². The molecule has 2 aromatic rings. The minimum atomic E-state index is -3.66. The molecule has 0 aliphatic carbocycles. The average Bonchev–Trinajstić information content (AvgIpc) is 2.61. The van der Waals surface area contributed by atoms with Crippen LogP contribution in [-0.4, -0.2) is 26.5 Å². The van der Waals surface area contributed by atoms with Crippen LogP contribution in [0.1, 0.15) is 0 Å². The standard InChI is InChI=1S/C7H6N3O4PS/c11-5-13-15(12,16)14-10-7-4-2-1-3-6(7)8-9-10/h1-5H,(H,12,16). The van der Waals surface area contributed by atoms with E-state index in [2.05, 4.69) is 26.6 Å². The van der Waals surface area contributed by atoms with Crippen LogP contribution in [0.2, 0.25) is 0 Å². The van der Waals surface area contributed by atoms with Gasteiger partial charge in [0.05, 0.1) is 0 Å². The number of hydrogen-bond donors (Lipinski definition) is 1. The Hall–Kier alpha value is -1.50. The molecule has 0 saturated carbocycles. The fourth-order valence-corrected chi connectivity index (χ4v) is 1.84. The molecule has 7 nitrogen and oxygen atoms in total. The molecule has 0 spiro atoms.